The van der Waals surface area contributed by atoms with Crippen molar-refractivity contribution in [2.75, 3.05) is 26.2 Å². The summed E-state index contributed by atoms with van der Waals surface area (Å²) in [6.07, 6.45) is 3.55. The van der Waals surface area contributed by atoms with Crippen molar-refractivity contribution in [2.45, 2.75) is 45.6 Å². The zero-order valence-corrected chi connectivity index (χ0v) is 11.5. The third kappa shape index (κ3) is 2.37. The Balaban J connectivity index is 1.97. The van der Waals surface area contributed by atoms with Gasteiger partial charge in [0.25, 0.3) is 0 Å². The minimum Gasteiger partial charge on any atom is -0.339 e. The van der Waals surface area contributed by atoms with Crippen LogP contribution in [0.4, 0.5) is 0 Å². The van der Waals surface area contributed by atoms with Crippen LogP contribution in [0, 0.1) is 16.7 Å². The molecule has 4 heteroatoms. The smallest absolute Gasteiger partial charge is 0.243 e. The monoisotopic (exact) mass is 249 g/mol. The number of carbonyl (C=O) groups excluding carboxylic acids is 1. The summed E-state index contributed by atoms with van der Waals surface area (Å²) in [6, 6.07) is 2.84. The van der Waals surface area contributed by atoms with Gasteiger partial charge in [0.05, 0.1) is 6.07 Å². The molecule has 4 nitrogen and oxygen atoms in total. The largest absolute Gasteiger partial charge is 0.339 e. The first-order valence-electron chi connectivity index (χ1n) is 7.04. The summed E-state index contributed by atoms with van der Waals surface area (Å²) in [5.41, 5.74) is -0.694. The van der Waals surface area contributed by atoms with E-state index in [2.05, 4.69) is 24.8 Å². The van der Waals surface area contributed by atoms with Crippen molar-refractivity contribution in [3.8, 4) is 6.07 Å². The Morgan fingerprint density at radius 3 is 2.17 bits per heavy atom. The lowest BCUT2D eigenvalue weighted by Crippen LogP contribution is -2.53. The van der Waals surface area contributed by atoms with Gasteiger partial charge in [0.15, 0.2) is 0 Å². The molecule has 0 aromatic heterocycles. The van der Waals surface area contributed by atoms with E-state index >= 15 is 0 Å². The Morgan fingerprint density at radius 2 is 1.72 bits per heavy atom. The number of rotatable bonds is 2. The highest BCUT2D eigenvalue weighted by Gasteiger charge is 2.44. The third-order valence-electron chi connectivity index (χ3n) is 4.41. The maximum Gasteiger partial charge on any atom is 0.243 e. The normalized spacial score (nSPS) is 24.2. The number of hydrogen-bond acceptors (Lipinski definition) is 3. The highest BCUT2D eigenvalue weighted by molar-refractivity contribution is 5.86. The third-order valence-corrected chi connectivity index (χ3v) is 4.41. The highest BCUT2D eigenvalue weighted by atomic mass is 16.2. The minimum atomic E-state index is -0.694. The molecule has 1 saturated heterocycles. The van der Waals surface area contributed by atoms with Crippen LogP contribution in [0.3, 0.4) is 0 Å². The molecule has 2 rings (SSSR count). The first-order valence-corrected chi connectivity index (χ1v) is 7.04. The van der Waals surface area contributed by atoms with Crippen molar-refractivity contribution >= 4 is 5.91 Å². The summed E-state index contributed by atoms with van der Waals surface area (Å²) < 4.78 is 0. The number of amides is 1. The molecule has 0 unspecified atom stereocenters. The van der Waals surface area contributed by atoms with Gasteiger partial charge in [-0.3, -0.25) is 9.69 Å². The molecule has 1 aliphatic carbocycles. The van der Waals surface area contributed by atoms with Crippen molar-refractivity contribution in [3.63, 3.8) is 0 Å². The summed E-state index contributed by atoms with van der Waals surface area (Å²) in [5.74, 6) is 0.0888. The van der Waals surface area contributed by atoms with Crippen LogP contribution in [-0.4, -0.2) is 47.9 Å². The molecule has 1 heterocycles. The van der Waals surface area contributed by atoms with Crippen LogP contribution >= 0.6 is 0 Å². The molecule has 1 aliphatic heterocycles. The van der Waals surface area contributed by atoms with Gasteiger partial charge in [0.2, 0.25) is 5.91 Å². The Labute approximate surface area is 110 Å². The van der Waals surface area contributed by atoms with E-state index < -0.39 is 5.41 Å². The predicted molar refractivity (Wildman–Crippen MR) is 69.8 cm³/mol. The Bertz CT molecular complexity index is 345. The zero-order valence-electron chi connectivity index (χ0n) is 11.5. The fourth-order valence-electron chi connectivity index (χ4n) is 3.10. The summed E-state index contributed by atoms with van der Waals surface area (Å²) in [5, 5.41) is 9.35. The number of nitrogens with zero attached hydrogens (tertiary/aromatic N) is 3. The molecule has 1 saturated carbocycles. The molecule has 0 aromatic rings. The van der Waals surface area contributed by atoms with E-state index in [1.165, 1.54) is 0 Å². The molecule has 0 atom stereocenters. The van der Waals surface area contributed by atoms with Crippen LogP contribution in [-0.2, 0) is 4.79 Å². The van der Waals surface area contributed by atoms with Crippen LogP contribution in [0.15, 0.2) is 0 Å². The van der Waals surface area contributed by atoms with Gasteiger partial charge in [-0.05, 0) is 26.7 Å². The van der Waals surface area contributed by atoms with Gasteiger partial charge in [-0.2, -0.15) is 5.26 Å². The zero-order chi connectivity index (χ0) is 13.2. The van der Waals surface area contributed by atoms with Gasteiger partial charge < -0.3 is 4.90 Å². The van der Waals surface area contributed by atoms with E-state index in [0.29, 0.717) is 6.04 Å². The molecular weight excluding hydrogens is 226 g/mol. The summed E-state index contributed by atoms with van der Waals surface area (Å²) in [4.78, 5) is 16.8. The van der Waals surface area contributed by atoms with E-state index in [4.69, 9.17) is 0 Å². The van der Waals surface area contributed by atoms with Crippen LogP contribution < -0.4 is 0 Å². The number of nitriles is 1. The first kappa shape index (κ1) is 13.4. The van der Waals surface area contributed by atoms with Crippen molar-refractivity contribution in [2.24, 2.45) is 5.41 Å². The summed E-state index contributed by atoms with van der Waals surface area (Å²) in [6.45, 7) is 7.80. The average molecular weight is 249 g/mol. The van der Waals surface area contributed by atoms with E-state index in [0.717, 1.165) is 51.9 Å². The van der Waals surface area contributed by atoms with Crippen molar-refractivity contribution in [1.82, 2.24) is 9.80 Å². The first-order chi connectivity index (χ1) is 8.59. The van der Waals surface area contributed by atoms with E-state index in [9.17, 15) is 10.1 Å². The van der Waals surface area contributed by atoms with Gasteiger partial charge in [0, 0.05) is 32.2 Å². The van der Waals surface area contributed by atoms with Gasteiger partial charge in [-0.15, -0.1) is 0 Å². The van der Waals surface area contributed by atoms with Crippen molar-refractivity contribution in [1.29, 1.82) is 5.26 Å². The number of hydrogen-bond donors (Lipinski definition) is 0. The molecule has 0 bridgehead atoms. The Hall–Kier alpha value is -1.08. The van der Waals surface area contributed by atoms with Crippen LogP contribution in [0.2, 0.25) is 0 Å². The molecule has 2 aliphatic rings. The second-order valence-corrected chi connectivity index (χ2v) is 5.82. The maximum absolute atomic E-state index is 12.5. The quantitative estimate of drug-likeness (QED) is 0.747. The average Bonchev–Trinajstić information content (AvgIpc) is 2.88. The van der Waals surface area contributed by atoms with Crippen LogP contribution in [0.25, 0.3) is 0 Å². The van der Waals surface area contributed by atoms with Gasteiger partial charge in [0.1, 0.15) is 5.41 Å². The van der Waals surface area contributed by atoms with Crippen LogP contribution in [0.1, 0.15) is 39.5 Å². The van der Waals surface area contributed by atoms with Gasteiger partial charge in [-0.25, -0.2) is 0 Å². The van der Waals surface area contributed by atoms with E-state index in [1.807, 2.05) is 4.90 Å². The molecule has 2 fully saturated rings. The fourth-order valence-corrected chi connectivity index (χ4v) is 3.10. The van der Waals surface area contributed by atoms with Crippen molar-refractivity contribution < 1.29 is 4.79 Å². The predicted octanol–water partition coefficient (Wildman–Crippen LogP) is 1.62. The molecule has 0 N–H and O–H groups in total. The lowest BCUT2D eigenvalue weighted by atomic mass is 9.86. The molecule has 0 aromatic carbocycles. The molecule has 0 radical (unpaired) electrons. The number of piperazine rings is 1. The SMILES string of the molecule is CC(C)N1CCN(C(=O)C2(C#N)CCCC2)CC1. The standard InChI is InChI=1S/C14H23N3O/c1-12(2)16-7-9-17(10-8-16)13(18)14(11-15)5-3-4-6-14/h12H,3-10H2,1-2H3. The number of carbonyl (C=O) groups is 1. The second kappa shape index (κ2) is 5.27. The topological polar surface area (TPSA) is 47.3 Å². The maximum atomic E-state index is 12.5. The fraction of sp³-hybridized carbons (Fsp3) is 0.857. The Morgan fingerprint density at radius 1 is 1.17 bits per heavy atom. The van der Waals surface area contributed by atoms with E-state index in [1.54, 1.807) is 0 Å². The second-order valence-electron chi connectivity index (χ2n) is 5.82. The molecule has 18 heavy (non-hydrogen) atoms. The summed E-state index contributed by atoms with van der Waals surface area (Å²) in [7, 11) is 0. The molecule has 100 valence electrons. The van der Waals surface area contributed by atoms with E-state index in [-0.39, 0.29) is 5.91 Å². The van der Waals surface area contributed by atoms with Crippen LogP contribution in [0.5, 0.6) is 0 Å². The van der Waals surface area contributed by atoms with Gasteiger partial charge in [-0.1, -0.05) is 12.8 Å². The molecule has 1 amide bonds. The molecule has 0 spiro atoms. The van der Waals surface area contributed by atoms with Gasteiger partial charge >= 0.3 is 0 Å². The molecular formula is C14H23N3O. The van der Waals surface area contributed by atoms with Crippen molar-refractivity contribution in [3.05, 3.63) is 0 Å². The highest BCUT2D eigenvalue weighted by Crippen LogP contribution is 2.39. The summed E-state index contributed by atoms with van der Waals surface area (Å²) >= 11 is 0. The lowest BCUT2D eigenvalue weighted by molar-refractivity contribution is -0.140. The minimum absolute atomic E-state index is 0.0888. The Kier molecular flexibility index (Phi) is 3.91. The lowest BCUT2D eigenvalue weighted by Gasteiger charge is -2.39.